The SMILES string of the molecule is C/C=C/[C@H](O)[C@H]1C(=O)O[C@H](C(C)(C)C)O[C@@H]1C. The average Bonchev–Trinajstić information content (AvgIpc) is 2.15. The Morgan fingerprint density at radius 1 is 1.41 bits per heavy atom. The molecule has 4 nitrogen and oxygen atoms in total. The summed E-state index contributed by atoms with van der Waals surface area (Å²) in [7, 11) is 0. The number of carbonyl (C=O) groups excluding carboxylic acids is 1. The minimum atomic E-state index is -0.858. The number of hydrogen-bond donors (Lipinski definition) is 1. The van der Waals surface area contributed by atoms with Gasteiger partial charge in [-0.05, 0) is 13.8 Å². The van der Waals surface area contributed by atoms with Gasteiger partial charge in [0.1, 0.15) is 5.92 Å². The highest BCUT2D eigenvalue weighted by Gasteiger charge is 2.44. The van der Waals surface area contributed by atoms with E-state index in [1.54, 1.807) is 26.0 Å². The molecule has 4 atom stereocenters. The summed E-state index contributed by atoms with van der Waals surface area (Å²) < 4.78 is 10.9. The fourth-order valence-corrected chi connectivity index (χ4v) is 1.80. The molecule has 0 bridgehead atoms. The molecule has 17 heavy (non-hydrogen) atoms. The molecular weight excluding hydrogens is 220 g/mol. The molecule has 0 aliphatic carbocycles. The first-order chi connectivity index (χ1) is 7.77. The quantitative estimate of drug-likeness (QED) is 0.593. The first-order valence-corrected chi connectivity index (χ1v) is 5.94. The average molecular weight is 242 g/mol. The van der Waals surface area contributed by atoms with Crippen molar-refractivity contribution in [2.24, 2.45) is 11.3 Å². The molecule has 0 spiro atoms. The molecule has 0 saturated carbocycles. The van der Waals surface area contributed by atoms with Crippen molar-refractivity contribution in [3.8, 4) is 0 Å². The number of ether oxygens (including phenoxy) is 2. The van der Waals surface area contributed by atoms with E-state index in [4.69, 9.17) is 9.47 Å². The lowest BCUT2D eigenvalue weighted by molar-refractivity contribution is -0.259. The summed E-state index contributed by atoms with van der Waals surface area (Å²) >= 11 is 0. The standard InChI is InChI=1S/C13H22O4/c1-6-7-9(14)10-8(2)16-12(13(3,4)5)17-11(10)15/h6-10,12,14H,1-5H3/b7-6+/t8-,9+,10+,12-/m1/s1. The van der Waals surface area contributed by atoms with Crippen LogP contribution in [0.15, 0.2) is 12.2 Å². The fraction of sp³-hybridized carbons (Fsp3) is 0.769. The molecule has 0 aromatic rings. The number of allylic oxidation sites excluding steroid dienone is 1. The molecule has 98 valence electrons. The Kier molecular flexibility index (Phi) is 4.33. The predicted molar refractivity (Wildman–Crippen MR) is 64.2 cm³/mol. The molecule has 0 amide bonds. The van der Waals surface area contributed by atoms with E-state index >= 15 is 0 Å². The lowest BCUT2D eigenvalue weighted by Gasteiger charge is -2.40. The second-order valence-electron chi connectivity index (χ2n) is 5.52. The summed E-state index contributed by atoms with van der Waals surface area (Å²) in [6, 6.07) is 0. The van der Waals surface area contributed by atoms with Crippen molar-refractivity contribution in [3.63, 3.8) is 0 Å². The van der Waals surface area contributed by atoms with E-state index in [0.29, 0.717) is 0 Å². The second-order valence-corrected chi connectivity index (χ2v) is 5.52. The van der Waals surface area contributed by atoms with E-state index in [2.05, 4.69) is 0 Å². The van der Waals surface area contributed by atoms with Crippen LogP contribution in [0.25, 0.3) is 0 Å². The number of aliphatic hydroxyl groups is 1. The van der Waals surface area contributed by atoms with Gasteiger partial charge in [-0.3, -0.25) is 4.79 Å². The van der Waals surface area contributed by atoms with Crippen LogP contribution in [0.4, 0.5) is 0 Å². The van der Waals surface area contributed by atoms with Crippen LogP contribution in [-0.4, -0.2) is 29.6 Å². The van der Waals surface area contributed by atoms with Crippen molar-refractivity contribution in [1.29, 1.82) is 0 Å². The number of rotatable bonds is 2. The van der Waals surface area contributed by atoms with Crippen LogP contribution in [0.5, 0.6) is 0 Å². The number of esters is 1. The summed E-state index contributed by atoms with van der Waals surface area (Å²) in [5.41, 5.74) is -0.263. The van der Waals surface area contributed by atoms with Crippen molar-refractivity contribution < 1.29 is 19.4 Å². The maximum absolute atomic E-state index is 11.9. The number of hydrogen-bond acceptors (Lipinski definition) is 4. The number of cyclic esters (lactones) is 1. The van der Waals surface area contributed by atoms with Gasteiger partial charge in [-0.25, -0.2) is 0 Å². The van der Waals surface area contributed by atoms with E-state index in [1.807, 2.05) is 20.8 Å². The summed E-state index contributed by atoms with van der Waals surface area (Å²) in [5.74, 6) is -1.04. The third-order valence-electron chi connectivity index (χ3n) is 2.80. The van der Waals surface area contributed by atoms with E-state index in [1.165, 1.54) is 0 Å². The largest absolute Gasteiger partial charge is 0.435 e. The molecule has 1 aliphatic rings. The van der Waals surface area contributed by atoms with Crippen molar-refractivity contribution >= 4 is 5.97 Å². The van der Waals surface area contributed by atoms with Gasteiger partial charge < -0.3 is 14.6 Å². The Bertz CT molecular complexity index is 303. The van der Waals surface area contributed by atoms with Gasteiger partial charge >= 0.3 is 5.97 Å². The zero-order valence-electron chi connectivity index (χ0n) is 11.1. The first-order valence-electron chi connectivity index (χ1n) is 5.94. The number of carbonyl (C=O) groups is 1. The van der Waals surface area contributed by atoms with Crippen LogP contribution in [-0.2, 0) is 14.3 Å². The van der Waals surface area contributed by atoms with Crippen LogP contribution in [0.2, 0.25) is 0 Å². The van der Waals surface area contributed by atoms with Gasteiger partial charge in [0.25, 0.3) is 0 Å². The van der Waals surface area contributed by atoms with Crippen molar-refractivity contribution in [3.05, 3.63) is 12.2 Å². The van der Waals surface area contributed by atoms with Gasteiger partial charge in [0.2, 0.25) is 6.29 Å². The van der Waals surface area contributed by atoms with Gasteiger partial charge in [-0.15, -0.1) is 0 Å². The highest BCUT2D eigenvalue weighted by atomic mass is 16.7. The molecule has 1 N–H and O–H groups in total. The Hall–Kier alpha value is -0.870. The smallest absolute Gasteiger partial charge is 0.316 e. The molecule has 1 heterocycles. The van der Waals surface area contributed by atoms with E-state index in [9.17, 15) is 9.90 Å². The number of aliphatic hydroxyl groups excluding tert-OH is 1. The fourth-order valence-electron chi connectivity index (χ4n) is 1.80. The summed E-state index contributed by atoms with van der Waals surface area (Å²) in [6.45, 7) is 9.42. The van der Waals surface area contributed by atoms with Crippen LogP contribution < -0.4 is 0 Å². The molecule has 1 aliphatic heterocycles. The predicted octanol–water partition coefficient (Wildman–Crippen LogP) is 1.87. The second kappa shape index (κ2) is 5.19. The van der Waals surface area contributed by atoms with E-state index in [0.717, 1.165) is 0 Å². The Labute approximate surface area is 103 Å². The van der Waals surface area contributed by atoms with Crippen LogP contribution in [0.3, 0.4) is 0 Å². The molecule has 0 aromatic heterocycles. The zero-order valence-corrected chi connectivity index (χ0v) is 11.1. The third kappa shape index (κ3) is 3.30. The first kappa shape index (κ1) is 14.2. The van der Waals surface area contributed by atoms with Crippen molar-refractivity contribution in [2.45, 2.75) is 53.1 Å². The Morgan fingerprint density at radius 2 is 2.00 bits per heavy atom. The van der Waals surface area contributed by atoms with Crippen LogP contribution >= 0.6 is 0 Å². The molecular formula is C13H22O4. The molecule has 0 unspecified atom stereocenters. The highest BCUT2D eigenvalue weighted by molar-refractivity contribution is 5.74. The minimum absolute atomic E-state index is 0.263. The van der Waals surface area contributed by atoms with E-state index < -0.39 is 24.3 Å². The highest BCUT2D eigenvalue weighted by Crippen LogP contribution is 2.32. The minimum Gasteiger partial charge on any atom is -0.435 e. The molecule has 0 aromatic carbocycles. The molecule has 4 heteroatoms. The molecule has 1 fully saturated rings. The van der Waals surface area contributed by atoms with Gasteiger partial charge in [0, 0.05) is 5.41 Å². The van der Waals surface area contributed by atoms with Crippen LogP contribution in [0.1, 0.15) is 34.6 Å². The van der Waals surface area contributed by atoms with E-state index in [-0.39, 0.29) is 11.5 Å². The Morgan fingerprint density at radius 3 is 2.41 bits per heavy atom. The summed E-state index contributed by atoms with van der Waals surface area (Å²) in [6.07, 6.45) is 1.51. The zero-order chi connectivity index (χ0) is 13.2. The van der Waals surface area contributed by atoms with Crippen molar-refractivity contribution in [1.82, 2.24) is 0 Å². The van der Waals surface area contributed by atoms with Crippen LogP contribution in [0, 0.1) is 11.3 Å². The van der Waals surface area contributed by atoms with Gasteiger partial charge in [0.05, 0.1) is 12.2 Å². The molecule has 0 radical (unpaired) electrons. The maximum Gasteiger partial charge on any atom is 0.316 e. The lowest BCUT2D eigenvalue weighted by atomic mass is 9.91. The lowest BCUT2D eigenvalue weighted by Crippen LogP contribution is -2.50. The normalized spacial score (nSPS) is 32.6. The topological polar surface area (TPSA) is 55.8 Å². The van der Waals surface area contributed by atoms with Gasteiger partial charge in [-0.2, -0.15) is 0 Å². The third-order valence-corrected chi connectivity index (χ3v) is 2.80. The molecule has 1 rings (SSSR count). The summed E-state index contributed by atoms with van der Waals surface area (Å²) in [5, 5.41) is 9.84. The van der Waals surface area contributed by atoms with Gasteiger partial charge in [0.15, 0.2) is 0 Å². The Balaban J connectivity index is 2.79. The maximum atomic E-state index is 11.9. The van der Waals surface area contributed by atoms with Crippen molar-refractivity contribution in [2.75, 3.05) is 0 Å². The molecule has 1 saturated heterocycles. The summed E-state index contributed by atoms with van der Waals surface area (Å²) in [4.78, 5) is 11.9. The monoisotopic (exact) mass is 242 g/mol. The van der Waals surface area contributed by atoms with Gasteiger partial charge in [-0.1, -0.05) is 32.9 Å².